The molecule has 0 aliphatic heterocycles. The highest BCUT2D eigenvalue weighted by Gasteiger charge is 2.15. The van der Waals surface area contributed by atoms with E-state index in [1.54, 1.807) is 0 Å². The summed E-state index contributed by atoms with van der Waals surface area (Å²) in [6.07, 6.45) is 2.53. The molecule has 78 valence electrons. The van der Waals surface area contributed by atoms with E-state index in [1.807, 2.05) is 0 Å². The maximum atomic E-state index is 10.5. The van der Waals surface area contributed by atoms with Gasteiger partial charge >= 0.3 is 11.9 Å². The van der Waals surface area contributed by atoms with Gasteiger partial charge in [0, 0.05) is 23.4 Å². The summed E-state index contributed by atoms with van der Waals surface area (Å²) >= 11 is 5.44. The Balaban J connectivity index is 4.51. The van der Waals surface area contributed by atoms with Gasteiger partial charge < -0.3 is 10.2 Å². The average Bonchev–Trinajstić information content (AvgIpc) is 2.10. The van der Waals surface area contributed by atoms with E-state index in [2.05, 4.69) is 6.58 Å². The van der Waals surface area contributed by atoms with Crippen LogP contribution in [0.25, 0.3) is 0 Å². The van der Waals surface area contributed by atoms with Gasteiger partial charge in [-0.25, -0.2) is 9.59 Å². The third-order valence-electron chi connectivity index (χ3n) is 1.61. The molecule has 0 saturated carbocycles. The lowest BCUT2D eigenvalue weighted by Gasteiger charge is -2.09. The molecule has 14 heavy (non-hydrogen) atoms. The molecule has 4 nitrogen and oxygen atoms in total. The van der Waals surface area contributed by atoms with E-state index in [0.29, 0.717) is 6.42 Å². The topological polar surface area (TPSA) is 74.6 Å². The van der Waals surface area contributed by atoms with Crippen LogP contribution < -0.4 is 0 Å². The molecule has 0 aliphatic carbocycles. The van der Waals surface area contributed by atoms with Crippen LogP contribution in [0.15, 0.2) is 24.3 Å². The number of hydrogen-bond acceptors (Lipinski definition) is 2. The van der Waals surface area contributed by atoms with Gasteiger partial charge in [-0.15, -0.1) is 11.6 Å². The highest BCUT2D eigenvalue weighted by atomic mass is 35.5. The van der Waals surface area contributed by atoms with Crippen molar-refractivity contribution in [3.05, 3.63) is 24.3 Å². The first kappa shape index (κ1) is 12.7. The van der Waals surface area contributed by atoms with E-state index in [-0.39, 0.29) is 11.5 Å². The Labute approximate surface area is 86.5 Å². The van der Waals surface area contributed by atoms with Gasteiger partial charge in [0.2, 0.25) is 0 Å². The Hall–Kier alpha value is -1.29. The zero-order chi connectivity index (χ0) is 11.1. The Morgan fingerprint density at radius 3 is 2.36 bits per heavy atom. The molecule has 0 aromatic heterocycles. The van der Waals surface area contributed by atoms with Crippen LogP contribution in [0.5, 0.6) is 0 Å². The Bertz CT molecular complexity index is 270. The minimum absolute atomic E-state index is 0.0526. The molecule has 1 unspecified atom stereocenters. The second-order valence-corrected chi connectivity index (χ2v) is 2.99. The average molecular weight is 219 g/mol. The van der Waals surface area contributed by atoms with Crippen LogP contribution in [0.4, 0.5) is 0 Å². The van der Waals surface area contributed by atoms with E-state index in [1.165, 1.54) is 6.08 Å². The molecule has 0 bridgehead atoms. The van der Waals surface area contributed by atoms with Crippen molar-refractivity contribution in [3.63, 3.8) is 0 Å². The smallest absolute Gasteiger partial charge is 0.331 e. The van der Waals surface area contributed by atoms with E-state index >= 15 is 0 Å². The van der Waals surface area contributed by atoms with Crippen LogP contribution in [-0.4, -0.2) is 28.0 Å². The number of aliphatic carboxylic acids is 2. The lowest BCUT2D eigenvalue weighted by atomic mass is 9.97. The van der Waals surface area contributed by atoms with E-state index in [0.717, 1.165) is 6.08 Å². The number of hydrogen-bond donors (Lipinski definition) is 2. The summed E-state index contributed by atoms with van der Waals surface area (Å²) in [5.74, 6) is -2.54. The minimum atomic E-state index is -1.14. The first-order chi connectivity index (χ1) is 6.49. The molecule has 0 spiro atoms. The van der Waals surface area contributed by atoms with Crippen LogP contribution in [0, 0.1) is 5.92 Å². The van der Waals surface area contributed by atoms with E-state index in [4.69, 9.17) is 21.8 Å². The van der Waals surface area contributed by atoms with Gasteiger partial charge in [0.25, 0.3) is 0 Å². The third-order valence-corrected chi connectivity index (χ3v) is 1.83. The minimum Gasteiger partial charge on any atom is -0.478 e. The van der Waals surface area contributed by atoms with Gasteiger partial charge in [0.15, 0.2) is 0 Å². The quantitative estimate of drug-likeness (QED) is 0.524. The maximum Gasteiger partial charge on any atom is 0.331 e. The number of alkyl halides is 1. The molecule has 5 heteroatoms. The van der Waals surface area contributed by atoms with Crippen LogP contribution in [0.2, 0.25) is 0 Å². The molecule has 0 rings (SSSR count). The van der Waals surface area contributed by atoms with Crippen molar-refractivity contribution in [2.75, 3.05) is 5.88 Å². The SMILES string of the molecule is C=C(C(=O)O)C(C=CC(=O)O)CCCl. The zero-order valence-electron chi connectivity index (χ0n) is 7.44. The monoisotopic (exact) mass is 218 g/mol. The number of carboxylic acid groups (broad SMARTS) is 2. The number of allylic oxidation sites excluding steroid dienone is 1. The van der Waals surface area contributed by atoms with E-state index in [9.17, 15) is 9.59 Å². The Morgan fingerprint density at radius 2 is 2.00 bits per heavy atom. The van der Waals surface area contributed by atoms with Gasteiger partial charge in [0.1, 0.15) is 0 Å². The first-order valence-corrected chi connectivity index (χ1v) is 4.41. The molecule has 0 amide bonds. The summed E-state index contributed by atoms with van der Waals surface area (Å²) in [6, 6.07) is 0. The standard InChI is InChI=1S/C9H11ClO4/c1-6(9(13)14)7(4-5-10)2-3-8(11)12/h2-3,7H,1,4-5H2,(H,11,12)(H,13,14). The van der Waals surface area contributed by atoms with Crippen molar-refractivity contribution < 1.29 is 19.8 Å². The van der Waals surface area contributed by atoms with Crippen molar-refractivity contribution >= 4 is 23.5 Å². The molecule has 0 aliphatic rings. The molecule has 0 heterocycles. The largest absolute Gasteiger partial charge is 0.478 e. The number of halogens is 1. The van der Waals surface area contributed by atoms with E-state index < -0.39 is 17.9 Å². The Morgan fingerprint density at radius 1 is 1.43 bits per heavy atom. The lowest BCUT2D eigenvalue weighted by Crippen LogP contribution is -2.10. The summed E-state index contributed by atoms with van der Waals surface area (Å²) in [5.41, 5.74) is -0.0526. The Kier molecular flexibility index (Phi) is 5.64. The fourth-order valence-electron chi connectivity index (χ4n) is 0.861. The van der Waals surface area contributed by atoms with Crippen LogP contribution >= 0.6 is 11.6 Å². The fraction of sp³-hybridized carbons (Fsp3) is 0.333. The second-order valence-electron chi connectivity index (χ2n) is 2.61. The van der Waals surface area contributed by atoms with Gasteiger partial charge in [-0.3, -0.25) is 0 Å². The summed E-state index contributed by atoms with van der Waals surface area (Å²) in [7, 11) is 0. The molecule has 1 atom stereocenters. The molecule has 0 radical (unpaired) electrons. The molecule has 0 aromatic carbocycles. The molecule has 0 saturated heterocycles. The van der Waals surface area contributed by atoms with Crippen molar-refractivity contribution in [3.8, 4) is 0 Å². The van der Waals surface area contributed by atoms with Gasteiger partial charge in [0.05, 0.1) is 0 Å². The number of rotatable bonds is 6. The van der Waals surface area contributed by atoms with Gasteiger partial charge in [-0.05, 0) is 6.42 Å². The highest BCUT2D eigenvalue weighted by Crippen LogP contribution is 2.16. The van der Waals surface area contributed by atoms with Crippen LogP contribution in [0.1, 0.15) is 6.42 Å². The fourth-order valence-corrected chi connectivity index (χ4v) is 1.10. The number of carbonyl (C=O) groups is 2. The van der Waals surface area contributed by atoms with Crippen molar-refractivity contribution in [2.24, 2.45) is 5.92 Å². The predicted molar refractivity (Wildman–Crippen MR) is 52.4 cm³/mol. The highest BCUT2D eigenvalue weighted by molar-refractivity contribution is 6.17. The molecule has 2 N–H and O–H groups in total. The molecular formula is C9H11ClO4. The maximum absolute atomic E-state index is 10.5. The lowest BCUT2D eigenvalue weighted by molar-refractivity contribution is -0.133. The molecule has 0 aromatic rings. The summed E-state index contributed by atoms with van der Waals surface area (Å²) in [5, 5.41) is 17.0. The van der Waals surface area contributed by atoms with Crippen molar-refractivity contribution in [1.29, 1.82) is 0 Å². The van der Waals surface area contributed by atoms with Crippen molar-refractivity contribution in [1.82, 2.24) is 0 Å². The van der Waals surface area contributed by atoms with Gasteiger partial charge in [-0.1, -0.05) is 12.7 Å². The molecule has 0 fully saturated rings. The van der Waals surface area contributed by atoms with Gasteiger partial charge in [-0.2, -0.15) is 0 Å². The molecular weight excluding hydrogens is 208 g/mol. The summed E-state index contributed by atoms with van der Waals surface area (Å²) in [4.78, 5) is 20.7. The van der Waals surface area contributed by atoms with Crippen LogP contribution in [-0.2, 0) is 9.59 Å². The normalized spacial score (nSPS) is 12.6. The summed E-state index contributed by atoms with van der Waals surface area (Å²) in [6.45, 7) is 3.35. The zero-order valence-corrected chi connectivity index (χ0v) is 8.20. The first-order valence-electron chi connectivity index (χ1n) is 3.88. The summed E-state index contributed by atoms with van der Waals surface area (Å²) < 4.78 is 0. The van der Waals surface area contributed by atoms with Crippen LogP contribution in [0.3, 0.4) is 0 Å². The third kappa shape index (κ3) is 4.67. The predicted octanol–water partition coefficient (Wildman–Crippen LogP) is 1.51. The second kappa shape index (κ2) is 6.21. The number of carboxylic acids is 2. The van der Waals surface area contributed by atoms with Crippen molar-refractivity contribution in [2.45, 2.75) is 6.42 Å².